The first-order chi connectivity index (χ1) is 10.8. The van der Waals surface area contributed by atoms with Crippen molar-refractivity contribution in [3.8, 4) is 0 Å². The van der Waals surface area contributed by atoms with E-state index in [9.17, 15) is 9.59 Å². The molecule has 2 amide bonds. The first-order valence-corrected chi connectivity index (χ1v) is 8.00. The van der Waals surface area contributed by atoms with Crippen LogP contribution in [-0.2, 0) is 16.1 Å². The SMILES string of the molecule is CC(C)(C)OC(=O)N1CCC[C@H](C(=O)NCc2cccnc2)C1. The average Bonchev–Trinajstić information content (AvgIpc) is 2.52. The van der Waals surface area contributed by atoms with Gasteiger partial charge in [0.1, 0.15) is 5.60 Å². The number of hydrogen-bond acceptors (Lipinski definition) is 4. The number of ether oxygens (including phenoxy) is 1. The minimum Gasteiger partial charge on any atom is -0.444 e. The number of amides is 2. The summed E-state index contributed by atoms with van der Waals surface area (Å²) in [6.07, 6.45) is 4.68. The van der Waals surface area contributed by atoms with Crippen LogP contribution in [0, 0.1) is 5.92 Å². The molecule has 1 atom stereocenters. The highest BCUT2D eigenvalue weighted by Crippen LogP contribution is 2.19. The number of pyridine rings is 1. The second-order valence-electron chi connectivity index (χ2n) is 6.84. The van der Waals surface area contributed by atoms with Crippen molar-refractivity contribution < 1.29 is 14.3 Å². The van der Waals surface area contributed by atoms with E-state index >= 15 is 0 Å². The zero-order valence-electron chi connectivity index (χ0n) is 14.0. The summed E-state index contributed by atoms with van der Waals surface area (Å²) in [5.74, 6) is -0.213. The van der Waals surface area contributed by atoms with Gasteiger partial charge >= 0.3 is 6.09 Å². The topological polar surface area (TPSA) is 71.5 Å². The van der Waals surface area contributed by atoms with Crippen LogP contribution in [0.2, 0.25) is 0 Å². The zero-order chi connectivity index (χ0) is 16.9. The van der Waals surface area contributed by atoms with Crippen LogP contribution in [0.3, 0.4) is 0 Å². The predicted molar refractivity (Wildman–Crippen MR) is 86.6 cm³/mol. The fraction of sp³-hybridized carbons (Fsp3) is 0.588. The first kappa shape index (κ1) is 17.2. The minimum atomic E-state index is -0.521. The summed E-state index contributed by atoms with van der Waals surface area (Å²) in [6.45, 7) is 7.03. The van der Waals surface area contributed by atoms with Gasteiger partial charge in [-0.3, -0.25) is 9.78 Å². The summed E-state index contributed by atoms with van der Waals surface area (Å²) in [7, 11) is 0. The van der Waals surface area contributed by atoms with E-state index in [1.165, 1.54) is 0 Å². The van der Waals surface area contributed by atoms with Gasteiger partial charge in [0.05, 0.1) is 5.92 Å². The van der Waals surface area contributed by atoms with Crippen molar-refractivity contribution in [2.24, 2.45) is 5.92 Å². The Bertz CT molecular complexity index is 540. The molecule has 1 aliphatic rings. The number of carbonyl (C=O) groups is 2. The number of aromatic nitrogens is 1. The van der Waals surface area contributed by atoms with Crippen LogP contribution in [0.25, 0.3) is 0 Å². The van der Waals surface area contributed by atoms with Crippen LogP contribution in [-0.4, -0.2) is 40.6 Å². The Balaban J connectivity index is 1.85. The molecule has 6 heteroatoms. The molecule has 0 radical (unpaired) electrons. The van der Waals surface area contributed by atoms with E-state index in [1.807, 2.05) is 32.9 Å². The summed E-state index contributed by atoms with van der Waals surface area (Å²) in [4.78, 5) is 30.1. The number of piperidine rings is 1. The van der Waals surface area contributed by atoms with Crippen LogP contribution in [0.5, 0.6) is 0 Å². The van der Waals surface area contributed by atoms with Crippen LogP contribution in [0.1, 0.15) is 39.2 Å². The number of hydrogen-bond donors (Lipinski definition) is 1. The number of nitrogens with zero attached hydrogens (tertiary/aromatic N) is 2. The molecule has 2 heterocycles. The lowest BCUT2D eigenvalue weighted by molar-refractivity contribution is -0.126. The van der Waals surface area contributed by atoms with Gasteiger partial charge in [0.2, 0.25) is 5.91 Å². The van der Waals surface area contributed by atoms with Gasteiger partial charge < -0.3 is 15.0 Å². The number of nitrogens with one attached hydrogen (secondary N) is 1. The van der Waals surface area contributed by atoms with Crippen LogP contribution >= 0.6 is 0 Å². The molecule has 1 aromatic rings. The molecule has 6 nitrogen and oxygen atoms in total. The fourth-order valence-electron chi connectivity index (χ4n) is 2.52. The smallest absolute Gasteiger partial charge is 0.410 e. The zero-order valence-corrected chi connectivity index (χ0v) is 14.0. The highest BCUT2D eigenvalue weighted by Gasteiger charge is 2.30. The molecule has 1 saturated heterocycles. The molecule has 1 aromatic heterocycles. The third-order valence-corrected chi connectivity index (χ3v) is 3.63. The van der Waals surface area contributed by atoms with Gasteiger partial charge in [-0.15, -0.1) is 0 Å². The lowest BCUT2D eigenvalue weighted by Crippen LogP contribution is -2.46. The summed E-state index contributed by atoms with van der Waals surface area (Å²) in [5, 5.41) is 2.92. The predicted octanol–water partition coefficient (Wildman–Crippen LogP) is 2.34. The molecule has 0 aromatic carbocycles. The van der Waals surface area contributed by atoms with Crippen molar-refractivity contribution in [3.05, 3.63) is 30.1 Å². The van der Waals surface area contributed by atoms with Crippen molar-refractivity contribution in [1.82, 2.24) is 15.2 Å². The molecule has 1 aliphatic heterocycles. The van der Waals surface area contributed by atoms with Gasteiger partial charge in [-0.2, -0.15) is 0 Å². The average molecular weight is 319 g/mol. The highest BCUT2D eigenvalue weighted by atomic mass is 16.6. The monoisotopic (exact) mass is 319 g/mol. The maximum absolute atomic E-state index is 12.3. The second-order valence-corrected chi connectivity index (χ2v) is 6.84. The van der Waals surface area contributed by atoms with Crippen molar-refractivity contribution in [3.63, 3.8) is 0 Å². The Hall–Kier alpha value is -2.11. The summed E-state index contributed by atoms with van der Waals surface area (Å²) < 4.78 is 5.38. The summed E-state index contributed by atoms with van der Waals surface area (Å²) in [5.41, 5.74) is 0.438. The van der Waals surface area contributed by atoms with Crippen molar-refractivity contribution in [2.45, 2.75) is 45.8 Å². The first-order valence-electron chi connectivity index (χ1n) is 8.00. The van der Waals surface area contributed by atoms with E-state index in [4.69, 9.17) is 4.74 Å². The molecule has 0 saturated carbocycles. The third kappa shape index (κ3) is 5.54. The van der Waals surface area contributed by atoms with Gasteiger partial charge in [-0.05, 0) is 45.2 Å². The largest absolute Gasteiger partial charge is 0.444 e. The van der Waals surface area contributed by atoms with E-state index in [1.54, 1.807) is 17.3 Å². The summed E-state index contributed by atoms with van der Waals surface area (Å²) >= 11 is 0. The molecular formula is C17H25N3O3. The molecular weight excluding hydrogens is 294 g/mol. The number of rotatable bonds is 3. The number of likely N-dealkylation sites (tertiary alicyclic amines) is 1. The third-order valence-electron chi connectivity index (χ3n) is 3.63. The normalized spacial score (nSPS) is 18.4. The molecule has 23 heavy (non-hydrogen) atoms. The molecule has 2 rings (SSSR count). The molecule has 126 valence electrons. The minimum absolute atomic E-state index is 0.0258. The maximum atomic E-state index is 12.3. The Morgan fingerprint density at radius 2 is 2.22 bits per heavy atom. The number of carbonyl (C=O) groups excluding carboxylic acids is 2. The van der Waals surface area contributed by atoms with Gasteiger partial charge in [0, 0.05) is 32.0 Å². The Kier molecular flexibility index (Phi) is 5.58. The van der Waals surface area contributed by atoms with E-state index in [0.29, 0.717) is 19.6 Å². The van der Waals surface area contributed by atoms with E-state index in [-0.39, 0.29) is 17.9 Å². The Labute approximate surface area is 137 Å². The standard InChI is InChI=1S/C17H25N3O3/c1-17(2,3)23-16(22)20-9-5-7-14(12-20)15(21)19-11-13-6-4-8-18-10-13/h4,6,8,10,14H,5,7,9,11-12H2,1-3H3,(H,19,21)/t14-/m0/s1. The molecule has 0 aliphatic carbocycles. The van der Waals surface area contributed by atoms with Crippen LogP contribution < -0.4 is 5.32 Å². The van der Waals surface area contributed by atoms with E-state index < -0.39 is 5.60 Å². The molecule has 0 bridgehead atoms. The van der Waals surface area contributed by atoms with Gasteiger partial charge in [-0.25, -0.2) is 4.79 Å². The fourth-order valence-corrected chi connectivity index (χ4v) is 2.52. The van der Waals surface area contributed by atoms with Gasteiger partial charge in [0.25, 0.3) is 0 Å². The quantitative estimate of drug-likeness (QED) is 0.928. The molecule has 1 fully saturated rings. The Morgan fingerprint density at radius 1 is 1.43 bits per heavy atom. The summed E-state index contributed by atoms with van der Waals surface area (Å²) in [6, 6.07) is 3.76. The van der Waals surface area contributed by atoms with E-state index in [2.05, 4.69) is 10.3 Å². The van der Waals surface area contributed by atoms with Gasteiger partial charge in [-0.1, -0.05) is 6.07 Å². The highest BCUT2D eigenvalue weighted by molar-refractivity contribution is 5.80. The Morgan fingerprint density at radius 3 is 2.87 bits per heavy atom. The van der Waals surface area contributed by atoms with Crippen molar-refractivity contribution >= 4 is 12.0 Å². The van der Waals surface area contributed by atoms with Crippen LogP contribution in [0.4, 0.5) is 4.79 Å². The van der Waals surface area contributed by atoms with Crippen LogP contribution in [0.15, 0.2) is 24.5 Å². The van der Waals surface area contributed by atoms with Gasteiger partial charge in [0.15, 0.2) is 0 Å². The molecule has 0 unspecified atom stereocenters. The molecule has 0 spiro atoms. The second kappa shape index (κ2) is 7.44. The van der Waals surface area contributed by atoms with E-state index in [0.717, 1.165) is 18.4 Å². The molecule has 1 N–H and O–H groups in total. The lowest BCUT2D eigenvalue weighted by Gasteiger charge is -2.33. The lowest BCUT2D eigenvalue weighted by atomic mass is 9.97. The van der Waals surface area contributed by atoms with Crippen molar-refractivity contribution in [2.75, 3.05) is 13.1 Å². The maximum Gasteiger partial charge on any atom is 0.410 e. The van der Waals surface area contributed by atoms with Crippen molar-refractivity contribution in [1.29, 1.82) is 0 Å².